The van der Waals surface area contributed by atoms with Gasteiger partial charge in [0.25, 0.3) is 0 Å². The van der Waals surface area contributed by atoms with Gasteiger partial charge in [0.15, 0.2) is 8.32 Å². The lowest BCUT2D eigenvalue weighted by Gasteiger charge is -2.39. The standard InChI is InChI=1S/C22H32Cl3NO5Si/c1-21(2,3)32(5,6)30-13-19-17(26-20(27)29-14-22(23,24)25)11-12-18(31-19)15-7-9-16(28-4)10-8-15/h7-12,17-19H,13-14H2,1-6H3,(H,26,27)/t17-,18-,19+/m0/s1. The van der Waals surface area contributed by atoms with Crippen LogP contribution in [0.4, 0.5) is 4.79 Å². The zero-order valence-electron chi connectivity index (χ0n) is 19.3. The van der Waals surface area contributed by atoms with E-state index in [-0.39, 0.29) is 17.7 Å². The Bertz CT molecular complexity index is 790. The van der Waals surface area contributed by atoms with Gasteiger partial charge in [0.05, 0.1) is 19.8 Å². The van der Waals surface area contributed by atoms with E-state index in [0.29, 0.717) is 6.61 Å². The molecule has 0 unspecified atom stereocenters. The van der Waals surface area contributed by atoms with Crippen molar-refractivity contribution in [3.05, 3.63) is 42.0 Å². The van der Waals surface area contributed by atoms with Gasteiger partial charge in [0, 0.05) is 0 Å². The summed E-state index contributed by atoms with van der Waals surface area (Å²) in [6, 6.07) is 7.20. The maximum absolute atomic E-state index is 12.2. The smallest absolute Gasteiger partial charge is 0.407 e. The molecule has 3 atom stereocenters. The van der Waals surface area contributed by atoms with Crippen molar-refractivity contribution in [1.29, 1.82) is 0 Å². The highest BCUT2D eigenvalue weighted by Gasteiger charge is 2.39. The number of methoxy groups -OCH3 is 1. The number of carbonyl (C=O) groups is 1. The van der Waals surface area contributed by atoms with E-state index >= 15 is 0 Å². The third-order valence-electron chi connectivity index (χ3n) is 5.73. The minimum Gasteiger partial charge on any atom is -0.497 e. The molecule has 180 valence electrons. The summed E-state index contributed by atoms with van der Waals surface area (Å²) in [5, 5.41) is 2.81. The van der Waals surface area contributed by atoms with Crippen LogP contribution in [0.5, 0.6) is 5.75 Å². The average molecular weight is 525 g/mol. The van der Waals surface area contributed by atoms with Gasteiger partial charge < -0.3 is 24.0 Å². The zero-order chi connectivity index (χ0) is 24.2. The third-order valence-corrected chi connectivity index (χ3v) is 10.6. The quantitative estimate of drug-likeness (QED) is 0.262. The Balaban J connectivity index is 2.15. The molecule has 0 bridgehead atoms. The minimum absolute atomic E-state index is 0.0408. The molecule has 0 saturated carbocycles. The first-order valence-electron chi connectivity index (χ1n) is 10.3. The van der Waals surface area contributed by atoms with Crippen LogP contribution in [-0.2, 0) is 13.9 Å². The number of alkyl carbamates (subject to hydrolysis) is 1. The predicted molar refractivity (Wildman–Crippen MR) is 131 cm³/mol. The fourth-order valence-electron chi connectivity index (χ4n) is 2.76. The molecule has 6 nitrogen and oxygen atoms in total. The first kappa shape index (κ1) is 27.3. The van der Waals surface area contributed by atoms with E-state index in [1.165, 1.54) is 0 Å². The zero-order valence-corrected chi connectivity index (χ0v) is 22.6. The van der Waals surface area contributed by atoms with E-state index in [2.05, 4.69) is 39.2 Å². The van der Waals surface area contributed by atoms with Crippen LogP contribution in [0, 0.1) is 0 Å². The molecule has 1 amide bonds. The lowest BCUT2D eigenvalue weighted by Crippen LogP contribution is -2.51. The predicted octanol–water partition coefficient (Wildman–Crippen LogP) is 6.18. The molecule has 1 N–H and O–H groups in total. The summed E-state index contributed by atoms with van der Waals surface area (Å²) in [5.41, 5.74) is 0.969. The molecule has 0 aromatic heterocycles. The van der Waals surface area contributed by atoms with E-state index in [0.717, 1.165) is 11.3 Å². The normalized spacial score (nSPS) is 21.8. The Hall–Kier alpha value is -0.963. The third kappa shape index (κ3) is 8.11. The van der Waals surface area contributed by atoms with E-state index < -0.39 is 30.3 Å². The second kappa shape index (κ2) is 11.0. The highest BCUT2D eigenvalue weighted by Crippen LogP contribution is 2.37. The Kier molecular flexibility index (Phi) is 9.36. The van der Waals surface area contributed by atoms with E-state index in [1.54, 1.807) is 7.11 Å². The number of benzene rings is 1. The molecule has 0 aliphatic carbocycles. The number of rotatable bonds is 7. The molecule has 0 spiro atoms. The van der Waals surface area contributed by atoms with Gasteiger partial charge in [-0.2, -0.15) is 0 Å². The van der Waals surface area contributed by atoms with E-state index in [4.69, 9.17) is 53.4 Å². The maximum Gasteiger partial charge on any atom is 0.407 e. The number of nitrogens with one attached hydrogen (secondary N) is 1. The van der Waals surface area contributed by atoms with Gasteiger partial charge in [-0.25, -0.2) is 4.79 Å². The summed E-state index contributed by atoms with van der Waals surface area (Å²) in [7, 11) is -0.406. The monoisotopic (exact) mass is 523 g/mol. The number of ether oxygens (including phenoxy) is 3. The fraction of sp³-hybridized carbons (Fsp3) is 0.591. The molecule has 0 radical (unpaired) electrons. The van der Waals surface area contributed by atoms with Gasteiger partial charge in [0.2, 0.25) is 3.79 Å². The van der Waals surface area contributed by atoms with Crippen LogP contribution in [0.15, 0.2) is 36.4 Å². The van der Waals surface area contributed by atoms with Crippen LogP contribution in [0.2, 0.25) is 18.1 Å². The van der Waals surface area contributed by atoms with E-state index in [9.17, 15) is 4.79 Å². The van der Waals surface area contributed by atoms with Crippen LogP contribution in [-0.4, -0.2) is 50.7 Å². The molecule has 1 aromatic carbocycles. The Labute approximate surface area is 206 Å². The lowest BCUT2D eigenvalue weighted by molar-refractivity contribution is -0.0371. The summed E-state index contributed by atoms with van der Waals surface area (Å²) < 4.78 is 21.3. The molecule has 1 heterocycles. The Morgan fingerprint density at radius 2 is 1.75 bits per heavy atom. The SMILES string of the molecule is COc1ccc([C@@H]2C=C[C@H](NC(=O)OCC(Cl)(Cl)Cl)[C@@H](CO[Si](C)(C)C(C)(C)C)O2)cc1. The summed E-state index contributed by atoms with van der Waals surface area (Å²) in [6.45, 7) is 10.8. The molecule has 0 saturated heterocycles. The minimum atomic E-state index is -2.03. The van der Waals surface area contributed by atoms with Crippen molar-refractivity contribution in [2.24, 2.45) is 0 Å². The van der Waals surface area contributed by atoms with Crippen molar-refractivity contribution in [3.8, 4) is 5.75 Å². The summed E-state index contributed by atoms with van der Waals surface area (Å²) in [5.74, 6) is 0.766. The summed E-state index contributed by atoms with van der Waals surface area (Å²) in [4.78, 5) is 12.2. The van der Waals surface area contributed by atoms with Gasteiger partial charge >= 0.3 is 6.09 Å². The Morgan fingerprint density at radius 3 is 2.28 bits per heavy atom. The molecule has 1 aliphatic heterocycles. The van der Waals surface area contributed by atoms with Gasteiger partial charge in [0.1, 0.15) is 24.6 Å². The second-order valence-electron chi connectivity index (χ2n) is 9.19. The van der Waals surface area contributed by atoms with Crippen molar-refractivity contribution < 1.29 is 23.4 Å². The number of hydrogen-bond acceptors (Lipinski definition) is 5. The topological polar surface area (TPSA) is 66.0 Å². The number of hydrogen-bond donors (Lipinski definition) is 1. The van der Waals surface area contributed by atoms with Gasteiger partial charge in [-0.1, -0.05) is 79.9 Å². The van der Waals surface area contributed by atoms with Crippen LogP contribution in [0.25, 0.3) is 0 Å². The number of alkyl halides is 3. The molecule has 10 heteroatoms. The number of carbonyl (C=O) groups excluding carboxylic acids is 1. The summed E-state index contributed by atoms with van der Waals surface area (Å²) >= 11 is 17.0. The van der Waals surface area contributed by atoms with Crippen molar-refractivity contribution >= 4 is 49.2 Å². The molecule has 1 aliphatic rings. The highest BCUT2D eigenvalue weighted by molar-refractivity contribution is 6.74. The van der Waals surface area contributed by atoms with Gasteiger partial charge in [-0.15, -0.1) is 0 Å². The number of halogens is 3. The summed E-state index contributed by atoms with van der Waals surface area (Å²) in [6.07, 6.45) is 2.36. The molecule has 2 rings (SSSR count). The van der Waals surface area contributed by atoms with Crippen LogP contribution < -0.4 is 10.1 Å². The highest BCUT2D eigenvalue weighted by atomic mass is 35.6. The second-order valence-corrected chi connectivity index (χ2v) is 16.5. The molecule has 32 heavy (non-hydrogen) atoms. The van der Waals surface area contributed by atoms with Crippen molar-refractivity contribution in [2.75, 3.05) is 20.3 Å². The number of amides is 1. The van der Waals surface area contributed by atoms with Crippen LogP contribution >= 0.6 is 34.8 Å². The largest absolute Gasteiger partial charge is 0.497 e. The molecule has 1 aromatic rings. The van der Waals surface area contributed by atoms with Crippen molar-refractivity contribution in [1.82, 2.24) is 5.32 Å². The van der Waals surface area contributed by atoms with Crippen molar-refractivity contribution in [2.45, 2.75) is 60.9 Å². The van der Waals surface area contributed by atoms with Crippen LogP contribution in [0.1, 0.15) is 32.4 Å². The maximum atomic E-state index is 12.2. The lowest BCUT2D eigenvalue weighted by atomic mass is 10.0. The molecular formula is C22H32Cl3NO5Si. The molecule has 0 fully saturated rings. The van der Waals surface area contributed by atoms with Crippen molar-refractivity contribution in [3.63, 3.8) is 0 Å². The Morgan fingerprint density at radius 1 is 1.12 bits per heavy atom. The van der Waals surface area contributed by atoms with Gasteiger partial charge in [-0.05, 0) is 35.8 Å². The first-order valence-corrected chi connectivity index (χ1v) is 14.4. The van der Waals surface area contributed by atoms with Crippen LogP contribution in [0.3, 0.4) is 0 Å². The van der Waals surface area contributed by atoms with Gasteiger partial charge in [-0.3, -0.25) is 0 Å². The molecular weight excluding hydrogens is 493 g/mol. The average Bonchev–Trinajstić information content (AvgIpc) is 2.70. The first-order chi connectivity index (χ1) is 14.7. The fourth-order valence-corrected chi connectivity index (χ4v) is 3.94. The van der Waals surface area contributed by atoms with E-state index in [1.807, 2.05) is 36.4 Å².